The minimum Gasteiger partial charge on any atom is -0.379 e. The van der Waals surface area contributed by atoms with Gasteiger partial charge in [-0.05, 0) is 6.92 Å². The summed E-state index contributed by atoms with van der Waals surface area (Å²) in [5.74, 6) is 2.64. The first kappa shape index (κ1) is 7.59. The third kappa shape index (κ3) is 1.73. The molecule has 0 aliphatic carbocycles. The van der Waals surface area contributed by atoms with Crippen molar-refractivity contribution >= 4 is 0 Å². The van der Waals surface area contributed by atoms with Crippen molar-refractivity contribution < 1.29 is 4.74 Å². The molecule has 1 fully saturated rings. The minimum absolute atomic E-state index is 0.491. The van der Waals surface area contributed by atoms with Gasteiger partial charge in [-0.25, -0.2) is 0 Å². The van der Waals surface area contributed by atoms with E-state index in [2.05, 4.69) is 17.7 Å². The molecule has 0 saturated carbocycles. The summed E-state index contributed by atoms with van der Waals surface area (Å²) in [5.41, 5.74) is 0. The van der Waals surface area contributed by atoms with Crippen molar-refractivity contribution in [2.75, 3.05) is 26.3 Å². The average molecular weight is 139 g/mol. The quantitative estimate of drug-likeness (QED) is 0.486. The molecule has 0 aromatic heterocycles. The summed E-state index contributed by atoms with van der Waals surface area (Å²) in [6, 6.07) is 0.491. The zero-order chi connectivity index (χ0) is 7.40. The Morgan fingerprint density at radius 3 is 3.20 bits per heavy atom. The van der Waals surface area contributed by atoms with Crippen LogP contribution in [0.25, 0.3) is 0 Å². The average Bonchev–Trinajstić information content (AvgIpc) is 1.94. The second-order valence-corrected chi connectivity index (χ2v) is 2.60. The first-order valence-electron chi connectivity index (χ1n) is 3.60. The van der Waals surface area contributed by atoms with Gasteiger partial charge in [-0.2, -0.15) is 0 Å². The van der Waals surface area contributed by atoms with Gasteiger partial charge in [-0.15, -0.1) is 6.42 Å². The SMILES string of the molecule is C#CCN1CCOCC1C. The van der Waals surface area contributed by atoms with Crippen molar-refractivity contribution in [2.24, 2.45) is 0 Å². The molecule has 0 bridgehead atoms. The highest BCUT2D eigenvalue weighted by molar-refractivity contribution is 4.90. The molecule has 0 aromatic carbocycles. The monoisotopic (exact) mass is 139 g/mol. The molecule has 2 nitrogen and oxygen atoms in total. The number of nitrogens with zero attached hydrogens (tertiary/aromatic N) is 1. The van der Waals surface area contributed by atoms with Crippen LogP contribution in [0.1, 0.15) is 6.92 Å². The van der Waals surface area contributed by atoms with Crippen LogP contribution in [0.5, 0.6) is 0 Å². The Morgan fingerprint density at radius 2 is 2.60 bits per heavy atom. The van der Waals surface area contributed by atoms with Crippen molar-refractivity contribution in [3.63, 3.8) is 0 Å². The van der Waals surface area contributed by atoms with Crippen LogP contribution in [-0.4, -0.2) is 37.2 Å². The number of hydrogen-bond acceptors (Lipinski definition) is 2. The van der Waals surface area contributed by atoms with Gasteiger partial charge in [0.15, 0.2) is 0 Å². The molecule has 1 rings (SSSR count). The fourth-order valence-corrected chi connectivity index (χ4v) is 1.11. The highest BCUT2D eigenvalue weighted by Crippen LogP contribution is 2.03. The van der Waals surface area contributed by atoms with Crippen molar-refractivity contribution in [1.82, 2.24) is 4.90 Å². The fraction of sp³-hybridized carbons (Fsp3) is 0.750. The normalized spacial score (nSPS) is 27.8. The smallest absolute Gasteiger partial charge is 0.0620 e. The summed E-state index contributed by atoms with van der Waals surface area (Å²) in [4.78, 5) is 2.25. The maximum Gasteiger partial charge on any atom is 0.0620 e. The van der Waals surface area contributed by atoms with Crippen molar-refractivity contribution in [3.05, 3.63) is 0 Å². The van der Waals surface area contributed by atoms with Crippen LogP contribution >= 0.6 is 0 Å². The van der Waals surface area contributed by atoms with Crippen molar-refractivity contribution in [3.8, 4) is 12.3 Å². The summed E-state index contributed by atoms with van der Waals surface area (Å²) in [5, 5.41) is 0. The van der Waals surface area contributed by atoms with Crippen LogP contribution < -0.4 is 0 Å². The third-order valence-corrected chi connectivity index (χ3v) is 1.80. The molecule has 0 aromatic rings. The molecular weight excluding hydrogens is 126 g/mol. The van der Waals surface area contributed by atoms with Crippen LogP contribution in [0.4, 0.5) is 0 Å². The van der Waals surface area contributed by atoms with E-state index in [-0.39, 0.29) is 0 Å². The van der Waals surface area contributed by atoms with Gasteiger partial charge in [-0.3, -0.25) is 4.90 Å². The Labute approximate surface area is 62.2 Å². The molecule has 1 heterocycles. The topological polar surface area (TPSA) is 12.5 Å². The largest absolute Gasteiger partial charge is 0.379 e. The fourth-order valence-electron chi connectivity index (χ4n) is 1.11. The van der Waals surface area contributed by atoms with Crippen molar-refractivity contribution in [2.45, 2.75) is 13.0 Å². The zero-order valence-electron chi connectivity index (χ0n) is 6.34. The third-order valence-electron chi connectivity index (χ3n) is 1.80. The summed E-state index contributed by atoms with van der Waals surface area (Å²) in [6.45, 7) is 5.51. The molecule has 2 heteroatoms. The summed E-state index contributed by atoms with van der Waals surface area (Å²) in [7, 11) is 0. The lowest BCUT2D eigenvalue weighted by Gasteiger charge is -2.31. The van der Waals surface area contributed by atoms with E-state index in [0.717, 1.165) is 26.3 Å². The van der Waals surface area contributed by atoms with Gasteiger partial charge in [-0.1, -0.05) is 5.92 Å². The van der Waals surface area contributed by atoms with E-state index in [1.807, 2.05) is 0 Å². The minimum atomic E-state index is 0.491. The van der Waals surface area contributed by atoms with Crippen LogP contribution in [0.3, 0.4) is 0 Å². The van der Waals surface area contributed by atoms with E-state index in [1.54, 1.807) is 0 Å². The van der Waals surface area contributed by atoms with Crippen LogP contribution in [0.15, 0.2) is 0 Å². The highest BCUT2D eigenvalue weighted by Gasteiger charge is 2.16. The summed E-state index contributed by atoms with van der Waals surface area (Å²) in [6.07, 6.45) is 5.19. The zero-order valence-corrected chi connectivity index (χ0v) is 6.34. The van der Waals surface area contributed by atoms with Gasteiger partial charge in [0, 0.05) is 12.6 Å². The van der Waals surface area contributed by atoms with Gasteiger partial charge in [0.05, 0.1) is 19.8 Å². The van der Waals surface area contributed by atoms with Crippen LogP contribution in [0.2, 0.25) is 0 Å². The molecule has 56 valence electrons. The van der Waals surface area contributed by atoms with E-state index in [0.29, 0.717) is 6.04 Å². The van der Waals surface area contributed by atoms with Crippen LogP contribution in [0, 0.1) is 12.3 Å². The number of rotatable bonds is 1. The maximum absolute atomic E-state index is 5.25. The van der Waals surface area contributed by atoms with Gasteiger partial charge in [0.25, 0.3) is 0 Å². The van der Waals surface area contributed by atoms with Crippen LogP contribution in [-0.2, 0) is 4.74 Å². The standard InChI is InChI=1S/C8H13NO/c1-3-4-9-5-6-10-7-8(9)2/h1,8H,4-7H2,2H3. The molecule has 1 aliphatic heterocycles. The lowest BCUT2D eigenvalue weighted by atomic mass is 10.2. The molecule has 0 spiro atoms. The van der Waals surface area contributed by atoms with E-state index in [9.17, 15) is 0 Å². The van der Waals surface area contributed by atoms with Gasteiger partial charge in [0.1, 0.15) is 0 Å². The first-order chi connectivity index (χ1) is 4.84. The predicted octanol–water partition coefficient (Wildman–Crippen LogP) is 0.340. The molecule has 1 atom stereocenters. The van der Waals surface area contributed by atoms with Gasteiger partial charge >= 0.3 is 0 Å². The lowest BCUT2D eigenvalue weighted by molar-refractivity contribution is 0.00656. The molecule has 0 amide bonds. The Bertz CT molecular complexity index is 139. The molecule has 0 radical (unpaired) electrons. The van der Waals surface area contributed by atoms with E-state index >= 15 is 0 Å². The van der Waals surface area contributed by atoms with Gasteiger partial charge in [0.2, 0.25) is 0 Å². The Kier molecular flexibility index (Phi) is 2.73. The van der Waals surface area contributed by atoms with E-state index in [4.69, 9.17) is 11.2 Å². The number of ether oxygens (including phenoxy) is 1. The molecule has 0 N–H and O–H groups in total. The molecule has 1 aliphatic rings. The predicted molar refractivity (Wildman–Crippen MR) is 40.7 cm³/mol. The second kappa shape index (κ2) is 3.60. The lowest BCUT2D eigenvalue weighted by Crippen LogP contribution is -2.43. The van der Waals surface area contributed by atoms with Gasteiger partial charge < -0.3 is 4.74 Å². The summed E-state index contributed by atoms with van der Waals surface area (Å²) < 4.78 is 5.25. The van der Waals surface area contributed by atoms with E-state index < -0.39 is 0 Å². The number of morpholine rings is 1. The highest BCUT2D eigenvalue weighted by atomic mass is 16.5. The summed E-state index contributed by atoms with van der Waals surface area (Å²) >= 11 is 0. The Hall–Kier alpha value is -0.520. The molecule has 1 saturated heterocycles. The first-order valence-corrected chi connectivity index (χ1v) is 3.60. The molecule has 10 heavy (non-hydrogen) atoms. The molecular formula is C8H13NO. The maximum atomic E-state index is 5.25. The van der Waals surface area contributed by atoms with E-state index in [1.165, 1.54) is 0 Å². The Morgan fingerprint density at radius 1 is 1.80 bits per heavy atom. The van der Waals surface area contributed by atoms with Crippen molar-refractivity contribution in [1.29, 1.82) is 0 Å². The number of hydrogen-bond donors (Lipinski definition) is 0. The molecule has 1 unspecified atom stereocenters. The second-order valence-electron chi connectivity index (χ2n) is 2.60. The Balaban J connectivity index is 2.34. The number of terminal acetylenes is 1.